The van der Waals surface area contributed by atoms with Gasteiger partial charge in [0.15, 0.2) is 6.29 Å². The van der Waals surface area contributed by atoms with E-state index in [-0.39, 0.29) is 30.3 Å². The van der Waals surface area contributed by atoms with E-state index >= 15 is 0 Å². The minimum absolute atomic E-state index is 0.0154. The van der Waals surface area contributed by atoms with Crippen molar-refractivity contribution in [2.24, 2.45) is 0 Å². The van der Waals surface area contributed by atoms with Crippen LogP contribution in [0.2, 0.25) is 0 Å². The minimum Gasteiger partial charge on any atom is -0.322 e. The van der Waals surface area contributed by atoms with Crippen LogP contribution in [0.5, 0.6) is 0 Å². The van der Waals surface area contributed by atoms with E-state index < -0.39 is 41.2 Å². The Morgan fingerprint density at radius 2 is 1.73 bits per heavy atom. The number of carbonyl (C=O) groups is 2. The Morgan fingerprint density at radius 3 is 2.27 bits per heavy atom. The van der Waals surface area contributed by atoms with E-state index in [9.17, 15) is 35.9 Å². The van der Waals surface area contributed by atoms with Crippen molar-refractivity contribution in [3.05, 3.63) is 46.6 Å². The number of alkyl halides is 6. The van der Waals surface area contributed by atoms with Gasteiger partial charge in [-0.05, 0) is 31.5 Å². The molecule has 3 N–H and O–H groups in total. The van der Waals surface area contributed by atoms with Crippen LogP contribution in [0.25, 0.3) is 0 Å². The first-order chi connectivity index (χ1) is 15.3. The van der Waals surface area contributed by atoms with Gasteiger partial charge in [-0.2, -0.15) is 31.4 Å². The van der Waals surface area contributed by atoms with Crippen LogP contribution in [0.4, 0.5) is 32.2 Å². The predicted octanol–water partition coefficient (Wildman–Crippen LogP) is 4.22. The number of hydrogen-bond acceptors (Lipinski definition) is 4. The Balaban J connectivity index is 1.92. The van der Waals surface area contributed by atoms with Crippen molar-refractivity contribution in [1.29, 1.82) is 0 Å². The van der Waals surface area contributed by atoms with E-state index in [2.05, 4.69) is 21.0 Å². The quantitative estimate of drug-likeness (QED) is 0.563. The molecule has 1 saturated heterocycles. The third-order valence-electron chi connectivity index (χ3n) is 4.95. The van der Waals surface area contributed by atoms with Gasteiger partial charge in [-0.25, -0.2) is 4.68 Å². The maximum atomic E-state index is 13.1. The molecule has 2 atom stereocenters. The first kappa shape index (κ1) is 24.6. The zero-order valence-electron chi connectivity index (χ0n) is 17.6. The van der Waals surface area contributed by atoms with E-state index in [1.54, 1.807) is 6.92 Å². The van der Waals surface area contributed by atoms with Gasteiger partial charge >= 0.3 is 12.4 Å². The normalized spacial score (nSPS) is 19.3. The van der Waals surface area contributed by atoms with Crippen LogP contribution in [0.3, 0.4) is 0 Å². The van der Waals surface area contributed by atoms with Crippen LogP contribution in [0.1, 0.15) is 59.7 Å². The van der Waals surface area contributed by atoms with Gasteiger partial charge in [0.25, 0.3) is 5.91 Å². The smallest absolute Gasteiger partial charge is 0.322 e. The zero-order valence-corrected chi connectivity index (χ0v) is 17.6. The summed E-state index contributed by atoms with van der Waals surface area (Å²) in [6.07, 6.45) is -9.30. The Labute approximate surface area is 184 Å². The van der Waals surface area contributed by atoms with E-state index in [4.69, 9.17) is 0 Å². The average molecular weight is 477 g/mol. The Kier molecular flexibility index (Phi) is 6.73. The molecule has 1 fully saturated rings. The van der Waals surface area contributed by atoms with Crippen molar-refractivity contribution in [3.63, 3.8) is 0 Å². The van der Waals surface area contributed by atoms with Gasteiger partial charge in [-0.3, -0.25) is 14.9 Å². The van der Waals surface area contributed by atoms with Gasteiger partial charge in [0.05, 0.1) is 16.8 Å². The fraction of sp³-hybridized carbons (Fsp3) is 0.450. The third kappa shape index (κ3) is 5.83. The molecule has 33 heavy (non-hydrogen) atoms. The molecule has 1 aliphatic rings. The van der Waals surface area contributed by atoms with Crippen molar-refractivity contribution in [2.45, 2.75) is 57.8 Å². The standard InChI is InChI=1S/C20H21F6N5O2/c1-3-4-14-9-16(32)29-18(27-14)31-15(5-10(2)30-31)28-17(33)11-6-12(19(21,22)23)8-13(7-11)20(24,25)26/h5-8,14,18,27H,3-4,9H2,1-2H3,(H,28,33)(H,29,32). The number of halogens is 6. The molecule has 0 bridgehead atoms. The highest BCUT2D eigenvalue weighted by Crippen LogP contribution is 2.36. The monoisotopic (exact) mass is 477 g/mol. The van der Waals surface area contributed by atoms with Crippen LogP contribution in [0, 0.1) is 6.92 Å². The molecule has 7 nitrogen and oxygen atoms in total. The summed E-state index contributed by atoms with van der Waals surface area (Å²) in [6.45, 7) is 3.52. The molecule has 2 amide bonds. The number of rotatable bonds is 5. The molecule has 3 rings (SSSR count). The van der Waals surface area contributed by atoms with Gasteiger partial charge in [0.2, 0.25) is 5.91 Å². The molecule has 2 aromatic rings. The molecular weight excluding hydrogens is 456 g/mol. The van der Waals surface area contributed by atoms with Gasteiger partial charge in [-0.1, -0.05) is 13.3 Å². The molecule has 0 aliphatic carbocycles. The molecule has 1 aliphatic heterocycles. The van der Waals surface area contributed by atoms with Gasteiger partial charge in [0.1, 0.15) is 5.82 Å². The predicted molar refractivity (Wildman–Crippen MR) is 105 cm³/mol. The van der Waals surface area contributed by atoms with Gasteiger partial charge in [-0.15, -0.1) is 0 Å². The second-order valence-electron chi connectivity index (χ2n) is 7.69. The number of nitrogens with zero attached hydrogens (tertiary/aromatic N) is 2. The number of aromatic nitrogens is 2. The molecule has 180 valence electrons. The summed E-state index contributed by atoms with van der Waals surface area (Å²) in [5.41, 5.74) is -3.63. The molecule has 1 aromatic heterocycles. The Bertz CT molecular complexity index is 1010. The molecular formula is C20H21F6N5O2. The number of benzene rings is 1. The third-order valence-corrected chi connectivity index (χ3v) is 4.95. The molecule has 0 spiro atoms. The van der Waals surface area contributed by atoms with Crippen LogP contribution >= 0.6 is 0 Å². The summed E-state index contributed by atoms with van der Waals surface area (Å²) >= 11 is 0. The number of anilines is 1. The molecule has 0 radical (unpaired) electrons. The van der Waals surface area contributed by atoms with Gasteiger partial charge in [0, 0.05) is 24.1 Å². The number of aryl methyl sites for hydroxylation is 1. The molecule has 0 saturated carbocycles. The van der Waals surface area contributed by atoms with Gasteiger partial charge < -0.3 is 10.6 Å². The largest absolute Gasteiger partial charge is 0.416 e. The molecule has 2 heterocycles. The summed E-state index contributed by atoms with van der Waals surface area (Å²) < 4.78 is 79.9. The number of nitrogens with one attached hydrogen (secondary N) is 3. The Hall–Kier alpha value is -3.09. The van der Waals surface area contributed by atoms with Crippen molar-refractivity contribution in [2.75, 3.05) is 5.32 Å². The lowest BCUT2D eigenvalue weighted by Crippen LogP contribution is -2.53. The van der Waals surface area contributed by atoms with Crippen LogP contribution in [-0.2, 0) is 17.1 Å². The summed E-state index contributed by atoms with van der Waals surface area (Å²) in [6, 6.07) is 1.85. The van der Waals surface area contributed by atoms with E-state index in [0.717, 1.165) is 6.42 Å². The Morgan fingerprint density at radius 1 is 1.12 bits per heavy atom. The maximum absolute atomic E-state index is 13.1. The van der Waals surface area contributed by atoms with Crippen molar-refractivity contribution >= 4 is 17.6 Å². The summed E-state index contributed by atoms with van der Waals surface area (Å²) in [5.74, 6) is -1.48. The van der Waals surface area contributed by atoms with Crippen molar-refractivity contribution in [3.8, 4) is 0 Å². The number of amides is 2. The molecule has 1 aromatic carbocycles. The second kappa shape index (κ2) is 9.04. The van der Waals surface area contributed by atoms with Crippen molar-refractivity contribution in [1.82, 2.24) is 20.4 Å². The van der Waals surface area contributed by atoms with Crippen LogP contribution < -0.4 is 16.0 Å². The summed E-state index contributed by atoms with van der Waals surface area (Å²) in [7, 11) is 0. The second-order valence-corrected chi connectivity index (χ2v) is 7.69. The highest BCUT2D eigenvalue weighted by molar-refractivity contribution is 6.04. The zero-order chi connectivity index (χ0) is 24.6. The van der Waals surface area contributed by atoms with Crippen LogP contribution in [-0.4, -0.2) is 27.6 Å². The lowest BCUT2D eigenvalue weighted by atomic mass is 10.0. The number of carbonyl (C=O) groups excluding carboxylic acids is 2. The van der Waals surface area contributed by atoms with Crippen molar-refractivity contribution < 1.29 is 35.9 Å². The lowest BCUT2D eigenvalue weighted by molar-refractivity contribution is -0.143. The first-order valence-electron chi connectivity index (χ1n) is 10.0. The van der Waals surface area contributed by atoms with E-state index in [1.165, 1.54) is 10.7 Å². The van der Waals surface area contributed by atoms with E-state index in [0.29, 0.717) is 24.2 Å². The minimum atomic E-state index is -5.08. The number of hydrogen-bond donors (Lipinski definition) is 3. The van der Waals surface area contributed by atoms with E-state index in [1.807, 2.05) is 6.92 Å². The topological polar surface area (TPSA) is 88.1 Å². The fourth-order valence-corrected chi connectivity index (χ4v) is 3.51. The summed E-state index contributed by atoms with van der Waals surface area (Å²) in [4.78, 5) is 24.7. The highest BCUT2D eigenvalue weighted by Gasteiger charge is 2.37. The molecule has 13 heteroatoms. The fourth-order valence-electron chi connectivity index (χ4n) is 3.51. The maximum Gasteiger partial charge on any atom is 0.416 e. The molecule has 2 unspecified atom stereocenters. The van der Waals surface area contributed by atoms with Crippen LogP contribution in [0.15, 0.2) is 24.3 Å². The summed E-state index contributed by atoms with van der Waals surface area (Å²) in [5, 5.41) is 12.3. The lowest BCUT2D eigenvalue weighted by Gasteiger charge is -2.32. The SMILES string of the molecule is CCCC1CC(=O)NC(n2nc(C)cc2NC(=O)c2cc(C(F)(F)F)cc(C(F)(F)F)c2)N1. The first-order valence-corrected chi connectivity index (χ1v) is 10.0. The highest BCUT2D eigenvalue weighted by atomic mass is 19.4. The average Bonchev–Trinajstić information content (AvgIpc) is 3.06.